The predicted molar refractivity (Wildman–Crippen MR) is 105 cm³/mol. The molecule has 0 heterocycles. The summed E-state index contributed by atoms with van der Waals surface area (Å²) in [5, 5.41) is 5.13. The number of hydrogen-bond acceptors (Lipinski definition) is 3. The molecule has 5 heteroatoms. The molecule has 25 heavy (non-hydrogen) atoms. The lowest BCUT2D eigenvalue weighted by atomic mass is 10.00. The van der Waals surface area contributed by atoms with Gasteiger partial charge in [-0.15, -0.1) is 0 Å². The van der Waals surface area contributed by atoms with Crippen LogP contribution < -0.4 is 10.6 Å². The van der Waals surface area contributed by atoms with E-state index in [0.29, 0.717) is 12.2 Å². The van der Waals surface area contributed by atoms with E-state index >= 15 is 0 Å². The quantitative estimate of drug-likeness (QED) is 0.176. The van der Waals surface area contributed by atoms with Gasteiger partial charge in [0.2, 0.25) is 12.3 Å². The molecule has 1 unspecified atom stereocenters. The molecule has 2 amide bonds. The minimum absolute atomic E-state index is 0.0563. The monoisotopic (exact) mass is 345 g/mol. The first-order chi connectivity index (χ1) is 12.1. The van der Waals surface area contributed by atoms with E-state index in [1.807, 2.05) is 19.1 Å². The molecule has 0 saturated heterocycles. The van der Waals surface area contributed by atoms with Crippen LogP contribution in [0.15, 0.2) is 54.2 Å². The van der Waals surface area contributed by atoms with E-state index in [0.717, 1.165) is 38.5 Å². The van der Waals surface area contributed by atoms with Gasteiger partial charge in [-0.1, -0.05) is 57.6 Å². The van der Waals surface area contributed by atoms with Crippen molar-refractivity contribution in [2.45, 2.75) is 45.4 Å². The van der Waals surface area contributed by atoms with Crippen molar-refractivity contribution in [2.75, 3.05) is 7.05 Å². The van der Waals surface area contributed by atoms with Crippen molar-refractivity contribution in [3.8, 4) is 0 Å². The largest absolute Gasteiger partial charge is 0.335 e. The first-order valence-corrected chi connectivity index (χ1v) is 8.67. The van der Waals surface area contributed by atoms with Crippen LogP contribution in [-0.4, -0.2) is 25.2 Å². The molecular weight excluding hydrogens is 314 g/mol. The Labute approximate surface area is 151 Å². The predicted octanol–water partition coefficient (Wildman–Crippen LogP) is 3.67. The Morgan fingerprint density at radius 2 is 1.92 bits per heavy atom. The number of rotatable bonds is 13. The fourth-order valence-corrected chi connectivity index (χ4v) is 2.26. The number of aliphatic imine (C=N–C) groups is 1. The lowest BCUT2D eigenvalue weighted by Crippen LogP contribution is -2.33. The lowest BCUT2D eigenvalue weighted by molar-refractivity contribution is -0.123. The number of allylic oxidation sites excluding steroid dienone is 4. The second-order valence-corrected chi connectivity index (χ2v) is 5.75. The van der Waals surface area contributed by atoms with Crippen LogP contribution in [0.3, 0.4) is 0 Å². The normalized spacial score (nSPS) is 13.4. The molecule has 0 bridgehead atoms. The van der Waals surface area contributed by atoms with Crippen molar-refractivity contribution in [3.05, 3.63) is 49.2 Å². The third-order valence-corrected chi connectivity index (χ3v) is 3.79. The van der Waals surface area contributed by atoms with Gasteiger partial charge in [0, 0.05) is 19.2 Å². The van der Waals surface area contributed by atoms with E-state index in [1.165, 1.54) is 11.8 Å². The summed E-state index contributed by atoms with van der Waals surface area (Å²) >= 11 is 0. The molecule has 0 aromatic rings. The van der Waals surface area contributed by atoms with Gasteiger partial charge < -0.3 is 10.6 Å². The van der Waals surface area contributed by atoms with Crippen molar-refractivity contribution in [2.24, 2.45) is 10.9 Å². The molecule has 0 radical (unpaired) electrons. The average molecular weight is 345 g/mol. The Kier molecular flexibility index (Phi) is 13.6. The summed E-state index contributed by atoms with van der Waals surface area (Å²) in [5.74, 6) is 0.296. The summed E-state index contributed by atoms with van der Waals surface area (Å²) in [6, 6.07) is 0. The second kappa shape index (κ2) is 15.1. The summed E-state index contributed by atoms with van der Waals surface area (Å²) in [6.45, 7) is 9.41. The molecule has 0 aliphatic carbocycles. The van der Waals surface area contributed by atoms with E-state index in [4.69, 9.17) is 0 Å². The molecule has 138 valence electrons. The second-order valence-electron chi connectivity index (χ2n) is 5.75. The molecule has 1 atom stereocenters. The molecule has 0 fully saturated rings. The van der Waals surface area contributed by atoms with Crippen LogP contribution in [0.2, 0.25) is 0 Å². The first kappa shape index (κ1) is 22.6. The van der Waals surface area contributed by atoms with Crippen molar-refractivity contribution in [1.29, 1.82) is 0 Å². The van der Waals surface area contributed by atoms with Crippen LogP contribution in [0, 0.1) is 5.92 Å². The van der Waals surface area contributed by atoms with E-state index in [2.05, 4.69) is 28.8 Å². The minimum Gasteiger partial charge on any atom is -0.335 e. The Bertz CT molecular complexity index is 519. The molecule has 0 aliphatic heterocycles. The van der Waals surface area contributed by atoms with Gasteiger partial charge in [-0.25, -0.2) is 0 Å². The summed E-state index contributed by atoms with van der Waals surface area (Å²) in [5.41, 5.74) is 1.21. The highest BCUT2D eigenvalue weighted by atomic mass is 16.2. The Hall–Kier alpha value is -2.43. The third kappa shape index (κ3) is 11.7. The van der Waals surface area contributed by atoms with Gasteiger partial charge in [-0.05, 0) is 30.9 Å². The van der Waals surface area contributed by atoms with Crippen LogP contribution in [0.4, 0.5) is 0 Å². The zero-order chi connectivity index (χ0) is 18.9. The van der Waals surface area contributed by atoms with Gasteiger partial charge in [0.05, 0.1) is 0 Å². The Balaban J connectivity index is 4.01. The Morgan fingerprint density at radius 3 is 2.52 bits per heavy atom. The van der Waals surface area contributed by atoms with Crippen LogP contribution >= 0.6 is 0 Å². The number of amidine groups is 1. The van der Waals surface area contributed by atoms with Crippen molar-refractivity contribution in [1.82, 2.24) is 10.6 Å². The maximum Gasteiger partial charge on any atom is 0.228 e. The van der Waals surface area contributed by atoms with Gasteiger partial charge in [0.25, 0.3) is 0 Å². The number of hydrogen-bond donors (Lipinski definition) is 2. The molecular formula is C20H31N3O2. The molecule has 0 spiro atoms. The highest BCUT2D eigenvalue weighted by molar-refractivity contribution is 6.04. The van der Waals surface area contributed by atoms with Gasteiger partial charge >= 0.3 is 0 Å². The zero-order valence-electron chi connectivity index (χ0n) is 15.5. The molecule has 0 aliphatic rings. The van der Waals surface area contributed by atoms with E-state index in [-0.39, 0.29) is 11.8 Å². The van der Waals surface area contributed by atoms with Gasteiger partial charge in [-0.3, -0.25) is 14.6 Å². The topological polar surface area (TPSA) is 70.6 Å². The van der Waals surface area contributed by atoms with Gasteiger partial charge in [0.15, 0.2) is 0 Å². The number of carbonyl (C=O) groups is 2. The molecule has 5 nitrogen and oxygen atoms in total. The number of unbranched alkanes of at least 4 members (excludes halogenated alkanes) is 3. The molecule has 0 rings (SSSR count). The zero-order valence-corrected chi connectivity index (χ0v) is 15.5. The number of nitrogens with one attached hydrogen (secondary N) is 2. The SMILES string of the molecule is C=C/C=C(\C=C)CCCCCCC(C)C(=O)NC(/C=C\NC=O)=NC. The molecule has 0 saturated carbocycles. The Morgan fingerprint density at radius 1 is 1.20 bits per heavy atom. The number of nitrogens with zero attached hydrogens (tertiary/aromatic N) is 1. The van der Waals surface area contributed by atoms with Crippen molar-refractivity contribution >= 4 is 18.2 Å². The van der Waals surface area contributed by atoms with Crippen LogP contribution in [0.25, 0.3) is 0 Å². The highest BCUT2D eigenvalue weighted by Crippen LogP contribution is 2.14. The van der Waals surface area contributed by atoms with Crippen molar-refractivity contribution < 1.29 is 9.59 Å². The number of carbonyl (C=O) groups excluding carboxylic acids is 2. The smallest absolute Gasteiger partial charge is 0.228 e. The fraction of sp³-hybridized carbons (Fsp3) is 0.450. The summed E-state index contributed by atoms with van der Waals surface area (Å²) in [4.78, 5) is 26.3. The summed E-state index contributed by atoms with van der Waals surface area (Å²) in [6.07, 6.45) is 15.4. The lowest BCUT2D eigenvalue weighted by Gasteiger charge is -2.12. The molecule has 0 aromatic carbocycles. The molecule has 2 N–H and O–H groups in total. The van der Waals surface area contributed by atoms with Crippen LogP contribution in [0.5, 0.6) is 0 Å². The van der Waals surface area contributed by atoms with Crippen LogP contribution in [0.1, 0.15) is 45.4 Å². The fourth-order valence-electron chi connectivity index (χ4n) is 2.26. The molecule has 0 aromatic heterocycles. The summed E-state index contributed by atoms with van der Waals surface area (Å²) < 4.78 is 0. The average Bonchev–Trinajstić information content (AvgIpc) is 2.62. The standard InChI is InChI=1S/C20H31N3O2/c1-5-11-18(6-2)13-10-8-7-9-12-17(3)20(25)23-19(21-4)14-15-22-16-24/h5-6,11,14-17H,1-2,7-10,12-13H2,3-4H3,(H,22,24)(H,21,23,25)/b15-14-,18-11+. The highest BCUT2D eigenvalue weighted by Gasteiger charge is 2.13. The first-order valence-electron chi connectivity index (χ1n) is 8.67. The summed E-state index contributed by atoms with van der Waals surface area (Å²) in [7, 11) is 1.59. The van der Waals surface area contributed by atoms with E-state index in [9.17, 15) is 9.59 Å². The maximum absolute atomic E-state index is 12.1. The third-order valence-electron chi connectivity index (χ3n) is 3.79. The van der Waals surface area contributed by atoms with E-state index in [1.54, 1.807) is 19.2 Å². The van der Waals surface area contributed by atoms with Gasteiger partial charge in [-0.2, -0.15) is 0 Å². The number of amides is 2. The van der Waals surface area contributed by atoms with Gasteiger partial charge in [0.1, 0.15) is 5.84 Å². The van der Waals surface area contributed by atoms with E-state index < -0.39 is 0 Å². The van der Waals surface area contributed by atoms with Crippen molar-refractivity contribution in [3.63, 3.8) is 0 Å². The van der Waals surface area contributed by atoms with Crippen LogP contribution in [-0.2, 0) is 9.59 Å². The minimum atomic E-state index is -0.0754. The maximum atomic E-state index is 12.1.